The van der Waals surface area contributed by atoms with Gasteiger partial charge in [0, 0.05) is 22.6 Å². The highest BCUT2D eigenvalue weighted by Crippen LogP contribution is 2.32. The van der Waals surface area contributed by atoms with Crippen LogP contribution < -0.4 is 10.2 Å². The highest BCUT2D eigenvalue weighted by Gasteiger charge is 2.27. The van der Waals surface area contributed by atoms with Gasteiger partial charge in [-0.15, -0.1) is 0 Å². The van der Waals surface area contributed by atoms with Crippen molar-refractivity contribution >= 4 is 34.2 Å². The molecule has 3 aromatic rings. The SMILES string of the molecule is COC(=O)c1[nH]c2ccc(C)cc2c1NC(=O)CN1c2ccc(F)cc2CCC1C. The average Bonchev–Trinajstić information content (AvgIpc) is 3.07. The Hall–Kier alpha value is -3.35. The van der Waals surface area contributed by atoms with Gasteiger partial charge in [-0.2, -0.15) is 0 Å². The fourth-order valence-corrected chi connectivity index (χ4v) is 4.06. The number of rotatable bonds is 4. The van der Waals surface area contributed by atoms with Gasteiger partial charge in [0.05, 0.1) is 19.3 Å². The fraction of sp³-hybridized carbons (Fsp3) is 0.304. The lowest BCUT2D eigenvalue weighted by atomic mass is 9.96. The maximum atomic E-state index is 13.6. The molecule has 1 aliphatic heterocycles. The van der Waals surface area contributed by atoms with Crippen LogP contribution in [0.3, 0.4) is 0 Å². The summed E-state index contributed by atoms with van der Waals surface area (Å²) in [6, 6.07) is 10.5. The maximum absolute atomic E-state index is 13.6. The Morgan fingerprint density at radius 2 is 2.07 bits per heavy atom. The number of nitrogens with zero attached hydrogens (tertiary/aromatic N) is 1. The number of benzene rings is 2. The number of hydrogen-bond acceptors (Lipinski definition) is 4. The zero-order valence-electron chi connectivity index (χ0n) is 17.2. The van der Waals surface area contributed by atoms with Gasteiger partial charge in [-0.3, -0.25) is 4.79 Å². The molecule has 0 saturated carbocycles. The van der Waals surface area contributed by atoms with Crippen molar-refractivity contribution in [2.24, 2.45) is 0 Å². The van der Waals surface area contributed by atoms with E-state index < -0.39 is 5.97 Å². The Labute approximate surface area is 174 Å². The molecule has 1 atom stereocenters. The molecule has 1 aliphatic rings. The van der Waals surface area contributed by atoms with Crippen LogP contribution in [0.25, 0.3) is 10.9 Å². The molecule has 1 unspecified atom stereocenters. The molecule has 0 bridgehead atoms. The number of anilines is 2. The number of fused-ring (bicyclic) bond motifs is 2. The number of nitrogens with one attached hydrogen (secondary N) is 2. The first kappa shape index (κ1) is 19.9. The van der Waals surface area contributed by atoms with E-state index in [4.69, 9.17) is 4.74 Å². The number of aromatic nitrogens is 1. The molecule has 0 aliphatic carbocycles. The van der Waals surface area contributed by atoms with Crippen molar-refractivity contribution in [3.63, 3.8) is 0 Å². The van der Waals surface area contributed by atoms with Crippen LogP contribution in [0.5, 0.6) is 0 Å². The second kappa shape index (κ2) is 7.82. The molecule has 2 heterocycles. The zero-order valence-corrected chi connectivity index (χ0v) is 17.2. The van der Waals surface area contributed by atoms with E-state index in [9.17, 15) is 14.0 Å². The number of carbonyl (C=O) groups excluding carboxylic acids is 2. The lowest BCUT2D eigenvalue weighted by Crippen LogP contribution is -2.42. The summed E-state index contributed by atoms with van der Waals surface area (Å²) in [5.74, 6) is -1.08. The third-order valence-corrected chi connectivity index (χ3v) is 5.64. The van der Waals surface area contributed by atoms with E-state index in [0.717, 1.165) is 40.6 Å². The van der Waals surface area contributed by atoms with Crippen molar-refractivity contribution in [2.45, 2.75) is 32.7 Å². The minimum Gasteiger partial charge on any atom is -0.464 e. The molecular formula is C23H24FN3O3. The second-order valence-electron chi connectivity index (χ2n) is 7.75. The van der Waals surface area contributed by atoms with E-state index in [2.05, 4.69) is 17.2 Å². The summed E-state index contributed by atoms with van der Waals surface area (Å²) in [5, 5.41) is 3.65. The third kappa shape index (κ3) is 3.63. The highest BCUT2D eigenvalue weighted by atomic mass is 19.1. The number of esters is 1. The number of ether oxygens (including phenoxy) is 1. The molecule has 0 radical (unpaired) electrons. The monoisotopic (exact) mass is 409 g/mol. The standard InChI is InChI=1S/C23H24FN3O3/c1-13-4-8-18-17(10-13)21(22(25-18)23(29)30-3)26-20(28)12-27-14(2)5-6-15-11-16(24)7-9-19(15)27/h4,7-11,14,25H,5-6,12H2,1-3H3,(H,26,28). The Morgan fingerprint density at radius 3 is 2.83 bits per heavy atom. The third-order valence-electron chi connectivity index (χ3n) is 5.64. The van der Waals surface area contributed by atoms with E-state index in [1.54, 1.807) is 6.07 Å². The second-order valence-corrected chi connectivity index (χ2v) is 7.75. The molecule has 30 heavy (non-hydrogen) atoms. The lowest BCUT2D eigenvalue weighted by Gasteiger charge is -2.36. The van der Waals surface area contributed by atoms with Crippen molar-refractivity contribution in [3.8, 4) is 0 Å². The van der Waals surface area contributed by atoms with Crippen molar-refractivity contribution < 1.29 is 18.7 Å². The quantitative estimate of drug-likeness (QED) is 0.634. The number of H-pyrrole nitrogens is 1. The zero-order chi connectivity index (χ0) is 21.4. The van der Waals surface area contributed by atoms with Crippen LogP contribution in [0.1, 0.15) is 35.0 Å². The Kier molecular flexibility index (Phi) is 5.20. The van der Waals surface area contributed by atoms with Gasteiger partial charge < -0.3 is 19.9 Å². The number of methoxy groups -OCH3 is 1. The van der Waals surface area contributed by atoms with Gasteiger partial charge in [0.1, 0.15) is 11.5 Å². The molecule has 2 aromatic carbocycles. The molecule has 0 fully saturated rings. The summed E-state index contributed by atoms with van der Waals surface area (Å²) in [5.41, 5.74) is 4.14. The van der Waals surface area contributed by atoms with Crippen LogP contribution >= 0.6 is 0 Å². The minimum atomic E-state index is -0.550. The summed E-state index contributed by atoms with van der Waals surface area (Å²) in [6.07, 6.45) is 1.62. The lowest BCUT2D eigenvalue weighted by molar-refractivity contribution is -0.115. The molecule has 4 rings (SSSR count). The molecule has 156 valence electrons. The van der Waals surface area contributed by atoms with Gasteiger partial charge in [-0.25, -0.2) is 9.18 Å². The largest absolute Gasteiger partial charge is 0.464 e. The molecule has 7 heteroatoms. The highest BCUT2D eigenvalue weighted by molar-refractivity contribution is 6.11. The van der Waals surface area contributed by atoms with Gasteiger partial charge in [-0.1, -0.05) is 11.6 Å². The van der Waals surface area contributed by atoms with Gasteiger partial charge in [-0.05, 0) is 62.6 Å². The fourth-order valence-electron chi connectivity index (χ4n) is 4.06. The topological polar surface area (TPSA) is 74.4 Å². The number of hydrogen-bond donors (Lipinski definition) is 2. The van der Waals surface area contributed by atoms with Gasteiger partial charge >= 0.3 is 5.97 Å². The summed E-state index contributed by atoms with van der Waals surface area (Å²) < 4.78 is 18.5. The molecular weight excluding hydrogens is 385 g/mol. The first-order chi connectivity index (χ1) is 14.4. The number of carbonyl (C=O) groups is 2. The normalized spacial score (nSPS) is 15.7. The van der Waals surface area contributed by atoms with Crippen molar-refractivity contribution in [1.29, 1.82) is 0 Å². The number of aryl methyl sites for hydroxylation is 2. The van der Waals surface area contributed by atoms with Crippen LogP contribution in [-0.4, -0.2) is 36.6 Å². The van der Waals surface area contributed by atoms with E-state index in [0.29, 0.717) is 5.69 Å². The van der Waals surface area contributed by atoms with E-state index in [1.807, 2.05) is 30.0 Å². The van der Waals surface area contributed by atoms with Crippen molar-refractivity contribution in [2.75, 3.05) is 23.9 Å². The predicted octanol–water partition coefficient (Wildman–Crippen LogP) is 4.18. The van der Waals surface area contributed by atoms with Crippen LogP contribution in [-0.2, 0) is 16.0 Å². The van der Waals surface area contributed by atoms with Gasteiger partial charge in [0.15, 0.2) is 0 Å². The van der Waals surface area contributed by atoms with Crippen LogP contribution in [0, 0.1) is 12.7 Å². The molecule has 6 nitrogen and oxygen atoms in total. The van der Waals surface area contributed by atoms with Gasteiger partial charge in [0.25, 0.3) is 0 Å². The molecule has 1 aromatic heterocycles. The van der Waals surface area contributed by atoms with Crippen LogP contribution in [0.2, 0.25) is 0 Å². The minimum absolute atomic E-state index is 0.0961. The average molecular weight is 409 g/mol. The van der Waals surface area contributed by atoms with E-state index >= 15 is 0 Å². The summed E-state index contributed by atoms with van der Waals surface area (Å²) in [6.45, 7) is 4.09. The van der Waals surface area contributed by atoms with Crippen LogP contribution in [0.15, 0.2) is 36.4 Å². The molecule has 0 saturated heterocycles. The molecule has 0 spiro atoms. The predicted molar refractivity (Wildman–Crippen MR) is 115 cm³/mol. The first-order valence-electron chi connectivity index (χ1n) is 9.93. The number of aromatic amines is 1. The summed E-state index contributed by atoms with van der Waals surface area (Å²) >= 11 is 0. The number of halogens is 1. The Bertz CT molecular complexity index is 1140. The van der Waals surface area contributed by atoms with Crippen molar-refractivity contribution in [3.05, 3.63) is 59.0 Å². The van der Waals surface area contributed by atoms with Crippen LogP contribution in [0.4, 0.5) is 15.8 Å². The number of amides is 1. The van der Waals surface area contributed by atoms with Gasteiger partial charge in [0.2, 0.25) is 5.91 Å². The Morgan fingerprint density at radius 1 is 1.27 bits per heavy atom. The summed E-state index contributed by atoms with van der Waals surface area (Å²) in [7, 11) is 1.30. The maximum Gasteiger partial charge on any atom is 0.356 e. The Balaban J connectivity index is 1.64. The van der Waals surface area contributed by atoms with E-state index in [1.165, 1.54) is 19.2 Å². The smallest absolute Gasteiger partial charge is 0.356 e. The van der Waals surface area contributed by atoms with E-state index in [-0.39, 0.29) is 30.0 Å². The first-order valence-corrected chi connectivity index (χ1v) is 9.93. The summed E-state index contributed by atoms with van der Waals surface area (Å²) in [4.78, 5) is 30.3. The molecule has 2 N–H and O–H groups in total. The van der Waals surface area contributed by atoms with Crippen molar-refractivity contribution in [1.82, 2.24) is 4.98 Å². The molecule has 1 amide bonds.